The van der Waals surface area contributed by atoms with E-state index in [9.17, 15) is 4.79 Å². The molecule has 0 radical (unpaired) electrons. The summed E-state index contributed by atoms with van der Waals surface area (Å²) in [5.74, 6) is 1.37. The molecule has 0 saturated carbocycles. The number of nitrogens with one attached hydrogen (secondary N) is 1. The van der Waals surface area contributed by atoms with E-state index in [4.69, 9.17) is 20.9 Å². The number of hydrogen-bond acceptors (Lipinski definition) is 4. The molecule has 0 aliphatic carbocycles. The molecule has 1 N–H and O–H groups in total. The van der Waals surface area contributed by atoms with Crippen LogP contribution in [-0.2, 0) is 10.2 Å². The topological polar surface area (TPSA) is 64.4 Å². The summed E-state index contributed by atoms with van der Waals surface area (Å²) in [6, 6.07) is 6.95. The molecule has 0 aliphatic heterocycles. The number of anilines is 1. The van der Waals surface area contributed by atoms with Gasteiger partial charge in [0.1, 0.15) is 11.5 Å². The van der Waals surface area contributed by atoms with Crippen LogP contribution in [-0.4, -0.2) is 17.7 Å². The molecule has 5 nitrogen and oxygen atoms in total. The number of carbonyl (C=O) groups excluding carboxylic acids is 1. The first-order valence-corrected chi connectivity index (χ1v) is 7.29. The van der Waals surface area contributed by atoms with Gasteiger partial charge in [-0.3, -0.25) is 4.79 Å². The van der Waals surface area contributed by atoms with Crippen molar-refractivity contribution < 1.29 is 14.1 Å². The third-order valence-electron chi connectivity index (χ3n) is 3.02. The molecule has 1 aromatic heterocycles. The molecule has 2 aromatic rings. The van der Waals surface area contributed by atoms with Crippen LogP contribution in [0, 0.1) is 6.92 Å². The predicted octanol–water partition coefficient (Wildman–Crippen LogP) is 3.95. The fourth-order valence-corrected chi connectivity index (χ4v) is 1.84. The molecule has 0 atom stereocenters. The molecule has 0 fully saturated rings. The minimum Gasteiger partial charge on any atom is -0.484 e. The fraction of sp³-hybridized carbons (Fsp3) is 0.375. The molecule has 0 bridgehead atoms. The van der Waals surface area contributed by atoms with Crippen molar-refractivity contribution in [3.8, 4) is 5.75 Å². The van der Waals surface area contributed by atoms with E-state index in [2.05, 4.69) is 10.5 Å². The summed E-state index contributed by atoms with van der Waals surface area (Å²) in [5, 5.41) is 7.12. The molecule has 1 aromatic carbocycles. The molecular weight excluding hydrogens is 304 g/mol. The van der Waals surface area contributed by atoms with Crippen molar-refractivity contribution in [1.82, 2.24) is 5.16 Å². The van der Waals surface area contributed by atoms with Gasteiger partial charge in [-0.2, -0.15) is 0 Å². The number of ether oxygens (including phenoxy) is 1. The van der Waals surface area contributed by atoms with E-state index in [0.717, 1.165) is 5.56 Å². The monoisotopic (exact) mass is 322 g/mol. The van der Waals surface area contributed by atoms with Crippen LogP contribution in [0.4, 0.5) is 5.82 Å². The van der Waals surface area contributed by atoms with E-state index in [-0.39, 0.29) is 17.9 Å². The summed E-state index contributed by atoms with van der Waals surface area (Å²) in [6.07, 6.45) is 0. The second-order valence-electron chi connectivity index (χ2n) is 6.07. The summed E-state index contributed by atoms with van der Waals surface area (Å²) in [5.41, 5.74) is 0.735. The van der Waals surface area contributed by atoms with E-state index >= 15 is 0 Å². The number of benzene rings is 1. The van der Waals surface area contributed by atoms with E-state index in [1.807, 2.05) is 27.7 Å². The van der Waals surface area contributed by atoms with Gasteiger partial charge < -0.3 is 14.6 Å². The molecule has 1 heterocycles. The number of carbonyl (C=O) groups is 1. The van der Waals surface area contributed by atoms with Gasteiger partial charge in [-0.1, -0.05) is 37.5 Å². The van der Waals surface area contributed by atoms with E-state index in [1.54, 1.807) is 24.3 Å². The van der Waals surface area contributed by atoms with Crippen molar-refractivity contribution in [3.05, 3.63) is 40.6 Å². The second-order valence-corrected chi connectivity index (χ2v) is 6.48. The van der Waals surface area contributed by atoms with Crippen molar-refractivity contribution in [3.63, 3.8) is 0 Å². The SMILES string of the molecule is Cc1cc(OCC(=O)Nc2cc(C(C)(C)C)on2)ccc1Cl. The first-order valence-electron chi connectivity index (χ1n) is 6.92. The Balaban J connectivity index is 1.90. The van der Waals surface area contributed by atoms with Crippen LogP contribution in [0.1, 0.15) is 32.1 Å². The zero-order chi connectivity index (χ0) is 16.3. The molecule has 0 saturated heterocycles. The van der Waals surface area contributed by atoms with Crippen LogP contribution >= 0.6 is 11.6 Å². The van der Waals surface area contributed by atoms with Crippen molar-refractivity contribution in [2.75, 3.05) is 11.9 Å². The summed E-state index contributed by atoms with van der Waals surface area (Å²) < 4.78 is 10.6. The highest BCUT2D eigenvalue weighted by atomic mass is 35.5. The molecule has 0 aliphatic rings. The number of hydrogen-bond donors (Lipinski definition) is 1. The van der Waals surface area contributed by atoms with Gasteiger partial charge >= 0.3 is 0 Å². The lowest BCUT2D eigenvalue weighted by atomic mass is 9.93. The molecule has 22 heavy (non-hydrogen) atoms. The first kappa shape index (κ1) is 16.4. The van der Waals surface area contributed by atoms with Crippen molar-refractivity contribution in [2.45, 2.75) is 33.1 Å². The molecule has 1 amide bonds. The highest BCUT2D eigenvalue weighted by Gasteiger charge is 2.20. The molecule has 0 spiro atoms. The van der Waals surface area contributed by atoms with Gasteiger partial charge in [0.25, 0.3) is 5.91 Å². The maximum Gasteiger partial charge on any atom is 0.263 e. The summed E-state index contributed by atoms with van der Waals surface area (Å²) in [7, 11) is 0. The van der Waals surface area contributed by atoms with Crippen molar-refractivity contribution >= 4 is 23.3 Å². The van der Waals surface area contributed by atoms with Gasteiger partial charge in [0.15, 0.2) is 12.4 Å². The number of aromatic nitrogens is 1. The summed E-state index contributed by atoms with van der Waals surface area (Å²) >= 11 is 5.94. The van der Waals surface area contributed by atoms with E-state index < -0.39 is 0 Å². The van der Waals surface area contributed by atoms with Gasteiger partial charge in [-0.15, -0.1) is 0 Å². The predicted molar refractivity (Wildman–Crippen MR) is 85.5 cm³/mol. The van der Waals surface area contributed by atoms with E-state index in [1.165, 1.54) is 0 Å². The van der Waals surface area contributed by atoms with Crippen molar-refractivity contribution in [2.24, 2.45) is 0 Å². The van der Waals surface area contributed by atoms with Gasteiger partial charge in [0, 0.05) is 16.5 Å². The normalized spacial score (nSPS) is 11.3. The number of halogens is 1. The Labute approximate surface area is 134 Å². The lowest BCUT2D eigenvalue weighted by Gasteiger charge is -2.12. The van der Waals surface area contributed by atoms with Crippen LogP contribution in [0.2, 0.25) is 5.02 Å². The molecule has 118 valence electrons. The number of amides is 1. The van der Waals surface area contributed by atoms with Crippen LogP contribution in [0.3, 0.4) is 0 Å². The largest absolute Gasteiger partial charge is 0.484 e. The Hall–Kier alpha value is -2.01. The molecular formula is C16H19ClN2O3. The number of rotatable bonds is 4. The quantitative estimate of drug-likeness (QED) is 0.925. The third kappa shape index (κ3) is 4.24. The Morgan fingerprint density at radius 2 is 2.09 bits per heavy atom. The lowest BCUT2D eigenvalue weighted by Crippen LogP contribution is -2.20. The smallest absolute Gasteiger partial charge is 0.263 e. The van der Waals surface area contributed by atoms with Crippen molar-refractivity contribution in [1.29, 1.82) is 0 Å². The van der Waals surface area contributed by atoms with Crippen LogP contribution in [0.15, 0.2) is 28.8 Å². The van der Waals surface area contributed by atoms with Crippen LogP contribution in [0.5, 0.6) is 5.75 Å². The van der Waals surface area contributed by atoms with Gasteiger partial charge in [-0.25, -0.2) is 0 Å². The van der Waals surface area contributed by atoms with Crippen LogP contribution in [0.25, 0.3) is 0 Å². The minimum atomic E-state index is -0.304. The minimum absolute atomic E-state index is 0.112. The summed E-state index contributed by atoms with van der Waals surface area (Å²) in [6.45, 7) is 7.78. The second kappa shape index (κ2) is 6.40. The average molecular weight is 323 g/mol. The Morgan fingerprint density at radius 1 is 1.36 bits per heavy atom. The highest BCUT2D eigenvalue weighted by molar-refractivity contribution is 6.31. The Kier molecular flexibility index (Phi) is 4.76. The Bertz CT molecular complexity index is 674. The van der Waals surface area contributed by atoms with Gasteiger partial charge in [0.2, 0.25) is 0 Å². The van der Waals surface area contributed by atoms with Gasteiger partial charge in [-0.05, 0) is 30.7 Å². The van der Waals surface area contributed by atoms with Crippen LogP contribution < -0.4 is 10.1 Å². The Morgan fingerprint density at radius 3 is 2.68 bits per heavy atom. The maximum absolute atomic E-state index is 11.9. The zero-order valence-corrected chi connectivity index (χ0v) is 13.8. The first-order chi connectivity index (χ1) is 10.3. The summed E-state index contributed by atoms with van der Waals surface area (Å²) in [4.78, 5) is 11.9. The van der Waals surface area contributed by atoms with Gasteiger partial charge in [0.05, 0.1) is 0 Å². The molecule has 6 heteroatoms. The maximum atomic E-state index is 11.9. The highest BCUT2D eigenvalue weighted by Crippen LogP contribution is 2.24. The standard InChI is InChI=1S/C16H19ClN2O3/c1-10-7-11(5-6-12(10)17)21-9-15(20)18-14-8-13(22-19-14)16(2,3)4/h5-8H,9H2,1-4H3,(H,18,19,20). The third-order valence-corrected chi connectivity index (χ3v) is 3.44. The lowest BCUT2D eigenvalue weighted by molar-refractivity contribution is -0.118. The number of aryl methyl sites for hydroxylation is 1. The average Bonchev–Trinajstić information content (AvgIpc) is 2.88. The number of nitrogens with zero attached hydrogens (tertiary/aromatic N) is 1. The molecule has 0 unspecified atom stereocenters. The fourth-order valence-electron chi connectivity index (χ4n) is 1.72. The zero-order valence-electron chi connectivity index (χ0n) is 13.1. The molecule has 2 rings (SSSR count). The van der Waals surface area contributed by atoms with E-state index in [0.29, 0.717) is 22.4 Å².